The maximum absolute atomic E-state index is 11.1. The van der Waals surface area contributed by atoms with Crippen LogP contribution in [0.25, 0.3) is 0 Å². The van der Waals surface area contributed by atoms with Crippen molar-refractivity contribution in [3.63, 3.8) is 0 Å². The largest absolute Gasteiger partial charge is 0.487 e. The number of ether oxygens (including phenoxy) is 1. The minimum Gasteiger partial charge on any atom is -0.487 e. The fourth-order valence-electron chi connectivity index (χ4n) is 1.87. The first kappa shape index (κ1) is 16.9. The van der Waals surface area contributed by atoms with Crippen molar-refractivity contribution in [1.29, 1.82) is 0 Å². The van der Waals surface area contributed by atoms with E-state index in [1.165, 1.54) is 6.07 Å². The van der Waals surface area contributed by atoms with Crippen molar-refractivity contribution in [2.45, 2.75) is 39.7 Å². The highest BCUT2D eigenvalue weighted by molar-refractivity contribution is 9.10. The van der Waals surface area contributed by atoms with Crippen LogP contribution in [0.15, 0.2) is 16.6 Å². The van der Waals surface area contributed by atoms with Crippen LogP contribution in [-0.2, 0) is 0 Å². The van der Waals surface area contributed by atoms with E-state index in [-0.39, 0.29) is 11.4 Å². The summed E-state index contributed by atoms with van der Waals surface area (Å²) in [4.78, 5) is 10.6. The van der Waals surface area contributed by atoms with Crippen molar-refractivity contribution in [3.8, 4) is 5.75 Å². The number of nitro groups is 1. The number of hydrogen-bond acceptors (Lipinski definition) is 4. The SMILES string of the molecule is CC(C)CCCOc1c([C@@H](C)O)cc(Br)cc1[N+](=O)[O-]. The lowest BCUT2D eigenvalue weighted by Gasteiger charge is -2.14. The Morgan fingerprint density at radius 3 is 2.55 bits per heavy atom. The van der Waals surface area contributed by atoms with Gasteiger partial charge in [0, 0.05) is 16.1 Å². The number of hydrogen-bond donors (Lipinski definition) is 1. The van der Waals surface area contributed by atoms with Crippen LogP contribution in [0.2, 0.25) is 0 Å². The zero-order chi connectivity index (χ0) is 15.3. The lowest BCUT2D eigenvalue weighted by atomic mass is 10.1. The second kappa shape index (κ2) is 7.59. The van der Waals surface area contributed by atoms with E-state index in [1.54, 1.807) is 13.0 Å². The summed E-state index contributed by atoms with van der Waals surface area (Å²) in [5.74, 6) is 0.728. The highest BCUT2D eigenvalue weighted by Gasteiger charge is 2.23. The predicted octanol–water partition coefficient (Wildman–Crippen LogP) is 4.23. The molecule has 0 radical (unpaired) electrons. The van der Waals surface area contributed by atoms with E-state index >= 15 is 0 Å². The molecular formula is C14H20BrNO4. The predicted molar refractivity (Wildman–Crippen MR) is 81.0 cm³/mol. The Kier molecular flexibility index (Phi) is 6.42. The first-order valence-corrected chi connectivity index (χ1v) is 7.41. The third-order valence-corrected chi connectivity index (χ3v) is 3.34. The van der Waals surface area contributed by atoms with Gasteiger partial charge in [-0.05, 0) is 31.7 Å². The molecule has 20 heavy (non-hydrogen) atoms. The average molecular weight is 346 g/mol. The minimum absolute atomic E-state index is 0.125. The topological polar surface area (TPSA) is 72.6 Å². The van der Waals surface area contributed by atoms with Crippen LogP contribution in [0.4, 0.5) is 5.69 Å². The lowest BCUT2D eigenvalue weighted by Crippen LogP contribution is -2.06. The van der Waals surface area contributed by atoms with Crippen molar-refractivity contribution in [3.05, 3.63) is 32.3 Å². The van der Waals surface area contributed by atoms with E-state index in [9.17, 15) is 15.2 Å². The molecule has 0 aliphatic heterocycles. The monoisotopic (exact) mass is 345 g/mol. The van der Waals surface area contributed by atoms with Crippen LogP contribution in [0, 0.1) is 16.0 Å². The zero-order valence-corrected chi connectivity index (χ0v) is 13.5. The molecule has 112 valence electrons. The smallest absolute Gasteiger partial charge is 0.312 e. The second-order valence-corrected chi connectivity index (χ2v) is 6.08. The molecule has 0 spiro atoms. The summed E-state index contributed by atoms with van der Waals surface area (Å²) in [7, 11) is 0. The van der Waals surface area contributed by atoms with Gasteiger partial charge < -0.3 is 9.84 Å². The maximum atomic E-state index is 11.1. The molecule has 1 aromatic carbocycles. The van der Waals surface area contributed by atoms with E-state index in [0.717, 1.165) is 12.8 Å². The summed E-state index contributed by atoms with van der Waals surface area (Å²) in [5.41, 5.74) is 0.301. The van der Waals surface area contributed by atoms with E-state index in [0.29, 0.717) is 22.6 Å². The van der Waals surface area contributed by atoms with E-state index in [2.05, 4.69) is 29.8 Å². The Morgan fingerprint density at radius 1 is 1.40 bits per heavy atom. The summed E-state index contributed by atoms with van der Waals surface area (Å²) in [6, 6.07) is 3.04. The van der Waals surface area contributed by atoms with E-state index < -0.39 is 11.0 Å². The van der Waals surface area contributed by atoms with E-state index in [4.69, 9.17) is 4.74 Å². The summed E-state index contributed by atoms with van der Waals surface area (Å²) < 4.78 is 6.12. The molecule has 1 aromatic rings. The van der Waals surface area contributed by atoms with Gasteiger partial charge in [-0.15, -0.1) is 0 Å². The molecule has 0 amide bonds. The molecule has 0 aliphatic carbocycles. The number of halogens is 1. The van der Waals surface area contributed by atoms with Crippen LogP contribution in [0.3, 0.4) is 0 Å². The maximum Gasteiger partial charge on any atom is 0.312 e. The first-order valence-electron chi connectivity index (χ1n) is 6.61. The van der Waals surface area contributed by atoms with Crippen LogP contribution < -0.4 is 4.74 Å². The average Bonchev–Trinajstić information content (AvgIpc) is 2.34. The van der Waals surface area contributed by atoms with Gasteiger partial charge in [-0.2, -0.15) is 0 Å². The molecule has 0 unspecified atom stereocenters. The van der Waals surface area contributed by atoms with Gasteiger partial charge in [0.15, 0.2) is 0 Å². The summed E-state index contributed by atoms with van der Waals surface area (Å²) >= 11 is 3.21. The lowest BCUT2D eigenvalue weighted by molar-refractivity contribution is -0.386. The molecule has 0 aromatic heterocycles. The number of benzene rings is 1. The molecule has 1 N–H and O–H groups in total. The first-order chi connectivity index (χ1) is 9.32. The van der Waals surface area contributed by atoms with Crippen molar-refractivity contribution < 1.29 is 14.8 Å². The standard InChI is InChI=1S/C14H20BrNO4/c1-9(2)5-4-6-20-14-12(10(3)17)7-11(15)8-13(14)16(18)19/h7-10,17H,4-6H2,1-3H3/t10-/m1/s1. The van der Waals surface area contributed by atoms with Gasteiger partial charge >= 0.3 is 5.69 Å². The molecule has 0 bridgehead atoms. The molecular weight excluding hydrogens is 326 g/mol. The van der Waals surface area contributed by atoms with Crippen LogP contribution >= 0.6 is 15.9 Å². The molecule has 0 fully saturated rings. The van der Waals surface area contributed by atoms with Gasteiger partial charge in [-0.1, -0.05) is 29.8 Å². The zero-order valence-electron chi connectivity index (χ0n) is 11.9. The molecule has 1 atom stereocenters. The minimum atomic E-state index is -0.828. The Hall–Kier alpha value is -1.14. The van der Waals surface area contributed by atoms with Crippen molar-refractivity contribution in [1.82, 2.24) is 0 Å². The molecule has 0 saturated carbocycles. The highest BCUT2D eigenvalue weighted by Crippen LogP contribution is 2.37. The van der Waals surface area contributed by atoms with Gasteiger partial charge in [0.05, 0.1) is 17.6 Å². The van der Waals surface area contributed by atoms with Gasteiger partial charge in [0.1, 0.15) is 0 Å². The Bertz CT molecular complexity index is 474. The fraction of sp³-hybridized carbons (Fsp3) is 0.571. The van der Waals surface area contributed by atoms with Crippen molar-refractivity contribution in [2.75, 3.05) is 6.61 Å². The Labute approximate surface area is 127 Å². The van der Waals surface area contributed by atoms with Gasteiger partial charge in [0.25, 0.3) is 0 Å². The number of nitrogens with zero attached hydrogens (tertiary/aromatic N) is 1. The van der Waals surface area contributed by atoms with Crippen LogP contribution in [0.5, 0.6) is 5.75 Å². The number of aliphatic hydroxyl groups excluding tert-OH is 1. The molecule has 1 rings (SSSR count). The molecule has 0 heterocycles. The van der Waals surface area contributed by atoms with Gasteiger partial charge in [-0.25, -0.2) is 0 Å². The number of rotatable bonds is 7. The normalized spacial score (nSPS) is 12.5. The van der Waals surface area contributed by atoms with Crippen molar-refractivity contribution >= 4 is 21.6 Å². The summed E-state index contributed by atoms with van der Waals surface area (Å²) in [6.45, 7) is 6.19. The third kappa shape index (κ3) is 4.76. The number of aliphatic hydroxyl groups is 1. The quantitative estimate of drug-likeness (QED) is 0.456. The van der Waals surface area contributed by atoms with Crippen LogP contribution in [-0.4, -0.2) is 16.6 Å². The van der Waals surface area contributed by atoms with Crippen LogP contribution in [0.1, 0.15) is 45.3 Å². The summed E-state index contributed by atoms with van der Waals surface area (Å²) in [6.07, 6.45) is 0.990. The highest BCUT2D eigenvalue weighted by atomic mass is 79.9. The van der Waals surface area contributed by atoms with E-state index in [1.807, 2.05) is 0 Å². The fourth-order valence-corrected chi connectivity index (χ4v) is 2.33. The molecule has 0 aliphatic rings. The molecule has 6 heteroatoms. The molecule has 0 saturated heterocycles. The summed E-state index contributed by atoms with van der Waals surface area (Å²) in [5, 5.41) is 20.9. The van der Waals surface area contributed by atoms with Gasteiger partial charge in [0.2, 0.25) is 5.75 Å². The Morgan fingerprint density at radius 2 is 2.05 bits per heavy atom. The Balaban J connectivity index is 2.98. The second-order valence-electron chi connectivity index (χ2n) is 5.16. The third-order valence-electron chi connectivity index (χ3n) is 2.88. The molecule has 5 nitrogen and oxygen atoms in total. The van der Waals surface area contributed by atoms with Gasteiger partial charge in [-0.3, -0.25) is 10.1 Å². The number of nitro benzene ring substituents is 1. The van der Waals surface area contributed by atoms with Crippen molar-refractivity contribution in [2.24, 2.45) is 5.92 Å².